The molecule has 1 aliphatic heterocycles. The number of rotatable bonds is 4. The third kappa shape index (κ3) is 3.48. The van der Waals surface area contributed by atoms with E-state index in [9.17, 15) is 4.79 Å². The number of nitrogens with one attached hydrogen (secondary N) is 1. The summed E-state index contributed by atoms with van der Waals surface area (Å²) in [7, 11) is 0. The molecule has 1 unspecified atom stereocenters. The third-order valence-corrected chi connectivity index (χ3v) is 5.70. The summed E-state index contributed by atoms with van der Waals surface area (Å²) in [6, 6.07) is 18.2. The molecule has 7 nitrogen and oxygen atoms in total. The van der Waals surface area contributed by atoms with Gasteiger partial charge in [0.1, 0.15) is 5.82 Å². The highest BCUT2D eigenvalue weighted by Crippen LogP contribution is 2.40. The fourth-order valence-corrected chi connectivity index (χ4v) is 4.09. The number of anilines is 1. The van der Waals surface area contributed by atoms with E-state index in [2.05, 4.69) is 56.8 Å². The van der Waals surface area contributed by atoms with Crippen molar-refractivity contribution in [2.75, 3.05) is 5.32 Å². The van der Waals surface area contributed by atoms with Crippen LogP contribution >= 0.6 is 0 Å². The van der Waals surface area contributed by atoms with Gasteiger partial charge in [-0.05, 0) is 24.5 Å². The van der Waals surface area contributed by atoms with E-state index in [1.165, 1.54) is 5.56 Å². The van der Waals surface area contributed by atoms with Crippen LogP contribution in [0.2, 0.25) is 0 Å². The van der Waals surface area contributed by atoms with E-state index in [0.717, 1.165) is 28.8 Å². The standard InChI is InChI=1S/C24H22N6O/c1-3-16-9-11-17(12-10-16)19-13-21(31)27-23-22(19)15(2)29-30(23)24-26-20(14-25-28-24)18-7-5-4-6-8-18/h4-12,14,19H,3,13H2,1-2H3,(H,27,31). The number of aryl methyl sites for hydroxylation is 2. The monoisotopic (exact) mass is 410 g/mol. The Balaban J connectivity index is 1.60. The van der Waals surface area contributed by atoms with Crippen molar-refractivity contribution in [1.29, 1.82) is 0 Å². The van der Waals surface area contributed by atoms with Crippen LogP contribution in [0.1, 0.15) is 41.6 Å². The predicted octanol–water partition coefficient (Wildman–Crippen LogP) is 4.07. The second-order valence-electron chi connectivity index (χ2n) is 7.67. The fourth-order valence-electron chi connectivity index (χ4n) is 4.09. The van der Waals surface area contributed by atoms with E-state index in [1.54, 1.807) is 10.9 Å². The van der Waals surface area contributed by atoms with Crippen molar-refractivity contribution in [3.8, 4) is 17.2 Å². The number of carbonyl (C=O) groups is 1. The summed E-state index contributed by atoms with van der Waals surface area (Å²) < 4.78 is 1.59. The van der Waals surface area contributed by atoms with E-state index < -0.39 is 0 Å². The maximum absolute atomic E-state index is 12.6. The lowest BCUT2D eigenvalue weighted by Crippen LogP contribution is -2.25. The molecule has 0 spiro atoms. The Kier molecular flexibility index (Phi) is 4.78. The lowest BCUT2D eigenvalue weighted by molar-refractivity contribution is -0.116. The highest BCUT2D eigenvalue weighted by molar-refractivity contribution is 5.95. The highest BCUT2D eigenvalue weighted by atomic mass is 16.1. The van der Waals surface area contributed by atoms with Crippen LogP contribution in [0.5, 0.6) is 0 Å². The first kappa shape index (κ1) is 19.1. The number of hydrogen-bond acceptors (Lipinski definition) is 5. The van der Waals surface area contributed by atoms with Crippen molar-refractivity contribution in [2.24, 2.45) is 0 Å². The van der Waals surface area contributed by atoms with Crippen LogP contribution in [0.4, 0.5) is 5.82 Å². The predicted molar refractivity (Wildman–Crippen MR) is 118 cm³/mol. The first-order valence-electron chi connectivity index (χ1n) is 10.4. The maximum atomic E-state index is 12.6. The molecule has 0 bridgehead atoms. The van der Waals surface area contributed by atoms with E-state index in [1.807, 2.05) is 37.3 Å². The molecule has 1 atom stereocenters. The van der Waals surface area contributed by atoms with Gasteiger partial charge in [0.2, 0.25) is 5.91 Å². The third-order valence-electron chi connectivity index (χ3n) is 5.70. The number of benzene rings is 2. The average molecular weight is 410 g/mol. The SMILES string of the molecule is CCc1ccc(C2CC(=O)Nc3c2c(C)nn3-c2nncc(-c3ccccc3)n2)cc1. The molecule has 1 N–H and O–H groups in total. The molecule has 3 heterocycles. The van der Waals surface area contributed by atoms with Crippen molar-refractivity contribution in [3.63, 3.8) is 0 Å². The Morgan fingerprint density at radius 1 is 1.10 bits per heavy atom. The summed E-state index contributed by atoms with van der Waals surface area (Å²) in [5, 5.41) is 16.0. The molecule has 5 rings (SSSR count). The molecule has 0 aliphatic carbocycles. The minimum atomic E-state index is -0.0614. The van der Waals surface area contributed by atoms with Gasteiger partial charge in [-0.15, -0.1) is 5.10 Å². The maximum Gasteiger partial charge on any atom is 0.272 e. The lowest BCUT2D eigenvalue weighted by Gasteiger charge is -2.24. The summed E-state index contributed by atoms with van der Waals surface area (Å²) >= 11 is 0. The number of nitrogens with zero attached hydrogens (tertiary/aromatic N) is 5. The summed E-state index contributed by atoms with van der Waals surface area (Å²) in [5.74, 6) is 0.831. The van der Waals surface area contributed by atoms with Crippen molar-refractivity contribution in [2.45, 2.75) is 32.6 Å². The Labute approximate surface area is 180 Å². The summed E-state index contributed by atoms with van der Waals surface area (Å²) in [6.45, 7) is 4.08. The second kappa shape index (κ2) is 7.75. The van der Waals surface area contributed by atoms with E-state index >= 15 is 0 Å². The molecule has 31 heavy (non-hydrogen) atoms. The molecule has 0 fully saturated rings. The largest absolute Gasteiger partial charge is 0.310 e. The Bertz CT molecular complexity index is 1250. The van der Waals surface area contributed by atoms with Crippen LogP contribution < -0.4 is 5.32 Å². The first-order valence-corrected chi connectivity index (χ1v) is 10.4. The average Bonchev–Trinajstić information content (AvgIpc) is 3.15. The van der Waals surface area contributed by atoms with Crippen LogP contribution in [0.15, 0.2) is 60.8 Å². The summed E-state index contributed by atoms with van der Waals surface area (Å²) in [6.07, 6.45) is 2.99. The highest BCUT2D eigenvalue weighted by Gasteiger charge is 2.33. The fraction of sp³-hybridized carbons (Fsp3) is 0.208. The molecular formula is C24H22N6O. The zero-order valence-corrected chi connectivity index (χ0v) is 17.4. The van der Waals surface area contributed by atoms with Gasteiger partial charge in [0.15, 0.2) is 0 Å². The second-order valence-corrected chi connectivity index (χ2v) is 7.67. The van der Waals surface area contributed by atoms with Gasteiger partial charge in [-0.25, -0.2) is 4.98 Å². The van der Waals surface area contributed by atoms with E-state index in [0.29, 0.717) is 23.9 Å². The van der Waals surface area contributed by atoms with Crippen LogP contribution in [0.25, 0.3) is 17.2 Å². The first-order chi connectivity index (χ1) is 15.1. The molecule has 154 valence electrons. The summed E-state index contributed by atoms with van der Waals surface area (Å²) in [5.41, 5.74) is 5.85. The minimum Gasteiger partial charge on any atom is -0.310 e. The topological polar surface area (TPSA) is 85.6 Å². The quantitative estimate of drug-likeness (QED) is 0.548. The van der Waals surface area contributed by atoms with Gasteiger partial charge in [-0.1, -0.05) is 61.5 Å². The molecule has 2 aromatic heterocycles. The Morgan fingerprint density at radius 3 is 2.61 bits per heavy atom. The van der Waals surface area contributed by atoms with Crippen molar-refractivity contribution in [3.05, 3.63) is 83.2 Å². The van der Waals surface area contributed by atoms with Gasteiger partial charge in [0.05, 0.1) is 17.6 Å². The molecule has 0 saturated carbocycles. The number of carbonyl (C=O) groups excluding carboxylic acids is 1. The van der Waals surface area contributed by atoms with Gasteiger partial charge in [-0.3, -0.25) is 4.79 Å². The van der Waals surface area contributed by atoms with Crippen LogP contribution in [-0.4, -0.2) is 30.9 Å². The summed E-state index contributed by atoms with van der Waals surface area (Å²) in [4.78, 5) is 17.3. The molecule has 1 aliphatic rings. The zero-order valence-electron chi connectivity index (χ0n) is 17.4. The van der Waals surface area contributed by atoms with Crippen LogP contribution in [0, 0.1) is 6.92 Å². The number of fused-ring (bicyclic) bond motifs is 1. The number of aromatic nitrogens is 5. The lowest BCUT2D eigenvalue weighted by atomic mass is 9.85. The normalized spacial score (nSPS) is 15.4. The van der Waals surface area contributed by atoms with Crippen LogP contribution in [0.3, 0.4) is 0 Å². The molecule has 4 aromatic rings. The molecule has 1 amide bonds. The smallest absolute Gasteiger partial charge is 0.272 e. The number of amides is 1. The van der Waals surface area contributed by atoms with Gasteiger partial charge in [0.25, 0.3) is 5.95 Å². The molecule has 0 radical (unpaired) electrons. The molecule has 0 saturated heterocycles. The van der Waals surface area contributed by atoms with Crippen LogP contribution in [-0.2, 0) is 11.2 Å². The minimum absolute atomic E-state index is 0.0506. The Hall–Kier alpha value is -3.87. The van der Waals surface area contributed by atoms with Crippen molar-refractivity contribution < 1.29 is 4.79 Å². The number of hydrogen-bond donors (Lipinski definition) is 1. The van der Waals surface area contributed by atoms with Gasteiger partial charge < -0.3 is 5.32 Å². The van der Waals surface area contributed by atoms with Gasteiger partial charge in [0, 0.05) is 23.5 Å². The van der Waals surface area contributed by atoms with E-state index in [-0.39, 0.29) is 11.8 Å². The van der Waals surface area contributed by atoms with Gasteiger partial charge in [-0.2, -0.15) is 14.9 Å². The van der Waals surface area contributed by atoms with Gasteiger partial charge >= 0.3 is 0 Å². The van der Waals surface area contributed by atoms with E-state index in [4.69, 9.17) is 0 Å². The Morgan fingerprint density at radius 2 is 1.87 bits per heavy atom. The zero-order chi connectivity index (χ0) is 21.4. The van der Waals surface area contributed by atoms with Crippen molar-refractivity contribution in [1.82, 2.24) is 25.0 Å². The molecule has 2 aromatic carbocycles. The molecule has 7 heteroatoms. The van der Waals surface area contributed by atoms with Crippen molar-refractivity contribution >= 4 is 11.7 Å². The molecular weight excluding hydrogens is 388 g/mol.